The van der Waals surface area contributed by atoms with E-state index in [0.29, 0.717) is 12.4 Å². The number of nitrogens with zero attached hydrogens (tertiary/aromatic N) is 2. The summed E-state index contributed by atoms with van der Waals surface area (Å²) in [5.74, 6) is -0.0627. The first-order chi connectivity index (χ1) is 15.8. The second kappa shape index (κ2) is 11.1. The number of carbonyl (C=O) groups is 2. The van der Waals surface area contributed by atoms with Crippen LogP contribution >= 0.6 is 0 Å². The van der Waals surface area contributed by atoms with Gasteiger partial charge in [-0.05, 0) is 48.9 Å². The lowest BCUT2D eigenvalue weighted by molar-refractivity contribution is -0.131. The maximum absolute atomic E-state index is 12.9. The zero-order valence-corrected chi connectivity index (χ0v) is 19.1. The van der Waals surface area contributed by atoms with E-state index in [9.17, 15) is 22.4 Å². The number of hydrogen-bond donors (Lipinski definition) is 2. The molecule has 3 rings (SSSR count). The molecule has 11 heteroatoms. The fraction of sp³-hybridized carbons (Fsp3) is 0.364. The Hall–Kier alpha value is -3.18. The molecule has 0 spiro atoms. The number of ether oxygens (including phenoxy) is 1. The first-order valence-electron chi connectivity index (χ1n) is 10.6. The van der Waals surface area contributed by atoms with Crippen molar-refractivity contribution in [1.29, 1.82) is 0 Å². The van der Waals surface area contributed by atoms with Gasteiger partial charge in [0.1, 0.15) is 11.6 Å². The Bertz CT molecular complexity index is 1050. The van der Waals surface area contributed by atoms with Crippen molar-refractivity contribution in [2.45, 2.75) is 18.4 Å². The van der Waals surface area contributed by atoms with Gasteiger partial charge in [0.2, 0.25) is 15.9 Å². The van der Waals surface area contributed by atoms with E-state index in [2.05, 4.69) is 10.6 Å². The first kappa shape index (κ1) is 24.5. The summed E-state index contributed by atoms with van der Waals surface area (Å²) in [6, 6.07) is 11.4. The van der Waals surface area contributed by atoms with Gasteiger partial charge < -0.3 is 20.3 Å². The summed E-state index contributed by atoms with van der Waals surface area (Å²) < 4.78 is 45.3. The van der Waals surface area contributed by atoms with E-state index in [0.717, 1.165) is 5.56 Å². The Kier molecular flexibility index (Phi) is 8.23. The number of rotatable bonds is 8. The molecule has 2 aromatic carbocycles. The second-order valence-corrected chi connectivity index (χ2v) is 9.29. The third-order valence-corrected chi connectivity index (χ3v) is 7.04. The van der Waals surface area contributed by atoms with Crippen LogP contribution in [0.25, 0.3) is 0 Å². The lowest BCUT2D eigenvalue weighted by Gasteiger charge is -2.34. The van der Waals surface area contributed by atoms with Crippen LogP contribution in [0, 0.1) is 5.82 Å². The predicted octanol–water partition coefficient (Wildman–Crippen LogP) is 1.56. The van der Waals surface area contributed by atoms with Gasteiger partial charge in [0, 0.05) is 32.7 Å². The average molecular weight is 479 g/mol. The minimum absolute atomic E-state index is 0.165. The van der Waals surface area contributed by atoms with Gasteiger partial charge in [-0.1, -0.05) is 12.1 Å². The zero-order valence-electron chi connectivity index (χ0n) is 18.3. The van der Waals surface area contributed by atoms with Gasteiger partial charge >= 0.3 is 6.03 Å². The topological polar surface area (TPSA) is 108 Å². The Balaban J connectivity index is 1.43. The van der Waals surface area contributed by atoms with Crippen molar-refractivity contribution in [2.24, 2.45) is 0 Å². The fourth-order valence-corrected chi connectivity index (χ4v) is 4.74. The van der Waals surface area contributed by atoms with E-state index in [-0.39, 0.29) is 55.9 Å². The highest BCUT2D eigenvalue weighted by Gasteiger charge is 2.30. The lowest BCUT2D eigenvalue weighted by Crippen LogP contribution is -2.53. The first-order valence-corrected chi connectivity index (χ1v) is 12.0. The summed E-state index contributed by atoms with van der Waals surface area (Å²) in [4.78, 5) is 26.0. The van der Waals surface area contributed by atoms with Crippen molar-refractivity contribution in [2.75, 3.05) is 39.3 Å². The molecular formula is C22H27FN4O5S. The molecule has 2 N–H and O–H groups in total. The summed E-state index contributed by atoms with van der Waals surface area (Å²) >= 11 is 0. The molecule has 0 radical (unpaired) electrons. The van der Waals surface area contributed by atoms with Crippen LogP contribution in [0.5, 0.6) is 5.75 Å². The van der Waals surface area contributed by atoms with Crippen LogP contribution in [-0.2, 0) is 21.4 Å². The summed E-state index contributed by atoms with van der Waals surface area (Å²) in [6.45, 7) is 3.12. The van der Waals surface area contributed by atoms with Gasteiger partial charge in [-0.2, -0.15) is 4.31 Å². The predicted molar refractivity (Wildman–Crippen MR) is 120 cm³/mol. The number of hydrogen-bond acceptors (Lipinski definition) is 5. The molecule has 1 fully saturated rings. The van der Waals surface area contributed by atoms with Crippen LogP contribution < -0.4 is 15.4 Å². The number of amides is 3. The minimum Gasteiger partial charge on any atom is -0.494 e. The van der Waals surface area contributed by atoms with Gasteiger partial charge in [-0.25, -0.2) is 17.6 Å². The number of piperazine rings is 1. The summed E-state index contributed by atoms with van der Waals surface area (Å²) in [5.41, 5.74) is 0.725. The normalized spacial score (nSPS) is 14.5. The molecular weight excluding hydrogens is 451 g/mol. The standard InChI is InChI=1S/C22H27FN4O5S/c1-2-32-19-7-9-20(10-8-19)33(30,31)27-13-11-26(12-14-27)21(28)16-25-22(29)24-15-17-3-5-18(23)6-4-17/h3-10H,2,11-16H2,1H3,(H2,24,25,29). The van der Waals surface area contributed by atoms with E-state index >= 15 is 0 Å². The van der Waals surface area contributed by atoms with Crippen LogP contribution in [0.2, 0.25) is 0 Å². The molecule has 0 bridgehead atoms. The maximum atomic E-state index is 12.9. The highest BCUT2D eigenvalue weighted by molar-refractivity contribution is 7.89. The average Bonchev–Trinajstić information content (AvgIpc) is 2.83. The molecule has 1 aliphatic heterocycles. The van der Waals surface area contributed by atoms with Gasteiger partial charge in [0.15, 0.2) is 0 Å². The molecule has 9 nitrogen and oxygen atoms in total. The van der Waals surface area contributed by atoms with Crippen LogP contribution in [0.4, 0.5) is 9.18 Å². The molecule has 0 saturated carbocycles. The highest BCUT2D eigenvalue weighted by Crippen LogP contribution is 2.21. The van der Waals surface area contributed by atoms with Gasteiger partial charge in [-0.3, -0.25) is 4.79 Å². The summed E-state index contributed by atoms with van der Waals surface area (Å²) in [7, 11) is -3.67. The molecule has 33 heavy (non-hydrogen) atoms. The number of urea groups is 1. The molecule has 2 aromatic rings. The molecule has 0 atom stereocenters. The maximum Gasteiger partial charge on any atom is 0.315 e. The molecule has 0 aromatic heterocycles. The van der Waals surface area contributed by atoms with Crippen LogP contribution in [-0.4, -0.2) is 68.9 Å². The Morgan fingerprint density at radius 2 is 1.61 bits per heavy atom. The van der Waals surface area contributed by atoms with Crippen molar-refractivity contribution in [3.05, 3.63) is 59.9 Å². The van der Waals surface area contributed by atoms with Crippen molar-refractivity contribution >= 4 is 22.0 Å². The Labute approximate surface area is 192 Å². The number of carbonyl (C=O) groups excluding carboxylic acids is 2. The van der Waals surface area contributed by atoms with Gasteiger partial charge in [-0.15, -0.1) is 0 Å². The minimum atomic E-state index is -3.67. The Morgan fingerprint density at radius 3 is 2.21 bits per heavy atom. The van der Waals surface area contributed by atoms with Crippen molar-refractivity contribution in [3.8, 4) is 5.75 Å². The SMILES string of the molecule is CCOc1ccc(S(=O)(=O)N2CCN(C(=O)CNC(=O)NCc3ccc(F)cc3)CC2)cc1. The van der Waals surface area contributed by atoms with Gasteiger partial charge in [0.25, 0.3) is 0 Å². The fourth-order valence-electron chi connectivity index (χ4n) is 3.32. The monoisotopic (exact) mass is 478 g/mol. The van der Waals surface area contributed by atoms with Crippen molar-refractivity contribution in [1.82, 2.24) is 19.8 Å². The largest absolute Gasteiger partial charge is 0.494 e. The molecule has 0 aliphatic carbocycles. The number of nitrogens with one attached hydrogen (secondary N) is 2. The van der Waals surface area contributed by atoms with Crippen molar-refractivity contribution in [3.63, 3.8) is 0 Å². The lowest BCUT2D eigenvalue weighted by atomic mass is 10.2. The highest BCUT2D eigenvalue weighted by atomic mass is 32.2. The van der Waals surface area contributed by atoms with Crippen molar-refractivity contribution < 1.29 is 27.1 Å². The number of benzene rings is 2. The molecule has 178 valence electrons. The molecule has 1 saturated heterocycles. The van der Waals surface area contributed by atoms with E-state index < -0.39 is 16.1 Å². The number of sulfonamides is 1. The van der Waals surface area contributed by atoms with Crippen LogP contribution in [0.1, 0.15) is 12.5 Å². The summed E-state index contributed by atoms with van der Waals surface area (Å²) in [6.07, 6.45) is 0. The van der Waals surface area contributed by atoms with E-state index in [4.69, 9.17) is 4.74 Å². The van der Waals surface area contributed by atoms with Crippen LogP contribution in [0.15, 0.2) is 53.4 Å². The number of halogens is 1. The third kappa shape index (κ3) is 6.65. The smallest absolute Gasteiger partial charge is 0.315 e. The quantitative estimate of drug-likeness (QED) is 0.599. The molecule has 1 heterocycles. The van der Waals surface area contributed by atoms with Gasteiger partial charge in [0.05, 0.1) is 18.0 Å². The summed E-state index contributed by atoms with van der Waals surface area (Å²) in [5, 5.41) is 5.08. The molecule has 0 unspecified atom stereocenters. The zero-order chi connectivity index (χ0) is 23.8. The van der Waals surface area contributed by atoms with E-state index in [1.807, 2.05) is 6.92 Å². The van der Waals surface area contributed by atoms with E-state index in [1.165, 1.54) is 33.5 Å². The van der Waals surface area contributed by atoms with E-state index in [1.54, 1.807) is 24.3 Å². The molecule has 3 amide bonds. The van der Waals surface area contributed by atoms with Crippen LogP contribution in [0.3, 0.4) is 0 Å². The molecule has 1 aliphatic rings. The second-order valence-electron chi connectivity index (χ2n) is 7.35. The Morgan fingerprint density at radius 1 is 0.970 bits per heavy atom. The third-order valence-electron chi connectivity index (χ3n) is 5.13.